The molecule has 0 radical (unpaired) electrons. The van der Waals surface area contributed by atoms with Crippen molar-refractivity contribution in [1.82, 2.24) is 0 Å². The maximum absolute atomic E-state index is 11.7. The number of anilines is 1. The molecule has 0 saturated carbocycles. The molecule has 0 heterocycles. The number of nitrogens with zero attached hydrogens (tertiary/aromatic N) is 1. The van der Waals surface area contributed by atoms with E-state index in [0.29, 0.717) is 18.6 Å². The number of methoxy groups -OCH3 is 1. The number of nitro benzene ring substituents is 1. The Morgan fingerprint density at radius 2 is 2.00 bits per heavy atom. The number of carboxylic acid groups (broad SMARTS) is 1. The summed E-state index contributed by atoms with van der Waals surface area (Å²) in [5, 5.41) is 21.9. The molecule has 0 fully saturated rings. The van der Waals surface area contributed by atoms with E-state index >= 15 is 0 Å². The summed E-state index contributed by atoms with van der Waals surface area (Å²) in [4.78, 5) is 32.3. The highest BCUT2D eigenvalue weighted by Crippen LogP contribution is 2.29. The molecule has 1 rings (SSSR count). The molecule has 0 saturated heterocycles. The highest BCUT2D eigenvalue weighted by atomic mass is 16.6. The molecule has 1 aromatic carbocycles. The molecular formula is C13H16N2O6. The van der Waals surface area contributed by atoms with E-state index in [1.54, 1.807) is 0 Å². The minimum absolute atomic E-state index is 0.00400. The van der Waals surface area contributed by atoms with Gasteiger partial charge in [0.25, 0.3) is 5.69 Å². The van der Waals surface area contributed by atoms with Crippen molar-refractivity contribution >= 4 is 23.3 Å². The van der Waals surface area contributed by atoms with Gasteiger partial charge in [0.2, 0.25) is 5.91 Å². The van der Waals surface area contributed by atoms with E-state index in [1.165, 1.54) is 25.3 Å². The summed E-state index contributed by atoms with van der Waals surface area (Å²) in [6.45, 7) is 0. The number of carboxylic acids is 1. The first-order chi connectivity index (χ1) is 9.93. The second-order valence-corrected chi connectivity index (χ2v) is 4.29. The van der Waals surface area contributed by atoms with Crippen LogP contribution in [0.4, 0.5) is 11.4 Å². The first kappa shape index (κ1) is 16.4. The first-order valence-electron chi connectivity index (χ1n) is 6.28. The first-order valence-corrected chi connectivity index (χ1v) is 6.28. The van der Waals surface area contributed by atoms with Gasteiger partial charge in [0.15, 0.2) is 0 Å². The van der Waals surface area contributed by atoms with E-state index in [2.05, 4.69) is 5.32 Å². The van der Waals surface area contributed by atoms with Crippen molar-refractivity contribution < 1.29 is 24.4 Å². The fraction of sp³-hybridized carbons (Fsp3) is 0.385. The van der Waals surface area contributed by atoms with Crippen molar-refractivity contribution in [2.45, 2.75) is 25.7 Å². The standard InChI is InChI=1S/C13H16N2O6/c1-21-9-6-7-10(11(8-9)15(19)20)14-12(16)4-2-3-5-13(17)18/h6-8H,2-5H2,1H3,(H,14,16)(H,17,18). The van der Waals surface area contributed by atoms with Gasteiger partial charge in [-0.15, -0.1) is 0 Å². The number of amides is 1. The lowest BCUT2D eigenvalue weighted by molar-refractivity contribution is -0.384. The van der Waals surface area contributed by atoms with Crippen LogP contribution in [0, 0.1) is 10.1 Å². The Balaban J connectivity index is 2.63. The van der Waals surface area contributed by atoms with Crippen LogP contribution in [0.25, 0.3) is 0 Å². The number of hydrogen-bond donors (Lipinski definition) is 2. The van der Waals surface area contributed by atoms with Gasteiger partial charge in [-0.25, -0.2) is 0 Å². The van der Waals surface area contributed by atoms with E-state index in [0.717, 1.165) is 0 Å². The van der Waals surface area contributed by atoms with Gasteiger partial charge in [-0.3, -0.25) is 19.7 Å². The largest absolute Gasteiger partial charge is 0.496 e. The summed E-state index contributed by atoms with van der Waals surface area (Å²) in [5.74, 6) is -0.990. The lowest BCUT2D eigenvalue weighted by atomic mass is 10.2. The number of rotatable bonds is 8. The highest BCUT2D eigenvalue weighted by Gasteiger charge is 2.17. The Morgan fingerprint density at radius 3 is 2.57 bits per heavy atom. The summed E-state index contributed by atoms with van der Waals surface area (Å²) >= 11 is 0. The van der Waals surface area contributed by atoms with Crippen LogP contribution in [0.2, 0.25) is 0 Å². The molecule has 0 spiro atoms. The van der Waals surface area contributed by atoms with Crippen molar-refractivity contribution in [2.75, 3.05) is 12.4 Å². The molecule has 1 amide bonds. The van der Waals surface area contributed by atoms with E-state index in [9.17, 15) is 19.7 Å². The molecule has 0 bridgehead atoms. The summed E-state index contributed by atoms with van der Waals surface area (Å²) in [7, 11) is 1.39. The number of nitrogens with one attached hydrogen (secondary N) is 1. The maximum Gasteiger partial charge on any atom is 0.303 e. The predicted octanol–water partition coefficient (Wildman–Crippen LogP) is 2.19. The van der Waals surface area contributed by atoms with Crippen LogP contribution in [0.3, 0.4) is 0 Å². The monoisotopic (exact) mass is 296 g/mol. The van der Waals surface area contributed by atoms with Crippen molar-refractivity contribution in [3.63, 3.8) is 0 Å². The molecule has 21 heavy (non-hydrogen) atoms. The third-order valence-corrected chi connectivity index (χ3v) is 2.72. The van der Waals surface area contributed by atoms with Crippen molar-refractivity contribution in [2.24, 2.45) is 0 Å². The topological polar surface area (TPSA) is 119 Å². The Bertz CT molecular complexity index is 543. The van der Waals surface area contributed by atoms with Gasteiger partial charge in [0.05, 0.1) is 18.1 Å². The van der Waals surface area contributed by atoms with Gasteiger partial charge in [-0.05, 0) is 25.0 Å². The Morgan fingerprint density at radius 1 is 1.33 bits per heavy atom. The zero-order valence-electron chi connectivity index (χ0n) is 11.5. The fourth-order valence-electron chi connectivity index (χ4n) is 1.67. The predicted molar refractivity (Wildman–Crippen MR) is 74.4 cm³/mol. The van der Waals surface area contributed by atoms with Gasteiger partial charge in [0.1, 0.15) is 11.4 Å². The smallest absolute Gasteiger partial charge is 0.303 e. The SMILES string of the molecule is COc1ccc(NC(=O)CCCCC(=O)O)c([N+](=O)[O-])c1. The molecule has 0 atom stereocenters. The van der Waals surface area contributed by atoms with E-state index < -0.39 is 16.8 Å². The molecule has 0 aliphatic heterocycles. The van der Waals surface area contributed by atoms with Gasteiger partial charge in [-0.1, -0.05) is 0 Å². The van der Waals surface area contributed by atoms with Crippen molar-refractivity contribution in [1.29, 1.82) is 0 Å². The van der Waals surface area contributed by atoms with Crippen LogP contribution >= 0.6 is 0 Å². The summed E-state index contributed by atoms with van der Waals surface area (Å²) in [6, 6.07) is 4.12. The van der Waals surface area contributed by atoms with E-state index in [-0.39, 0.29) is 24.2 Å². The molecule has 2 N–H and O–H groups in total. The number of carbonyl (C=O) groups is 2. The summed E-state index contributed by atoms with van der Waals surface area (Å²) < 4.78 is 4.89. The van der Waals surface area contributed by atoms with Gasteiger partial charge < -0.3 is 15.2 Å². The number of benzene rings is 1. The fourth-order valence-corrected chi connectivity index (χ4v) is 1.67. The number of hydrogen-bond acceptors (Lipinski definition) is 5. The summed E-state index contributed by atoms with van der Waals surface area (Å²) in [5.41, 5.74) is -0.169. The number of aliphatic carboxylic acids is 1. The highest BCUT2D eigenvalue weighted by molar-refractivity contribution is 5.93. The Hall–Kier alpha value is -2.64. The zero-order chi connectivity index (χ0) is 15.8. The second kappa shape index (κ2) is 7.83. The minimum atomic E-state index is -0.916. The second-order valence-electron chi connectivity index (χ2n) is 4.29. The molecule has 114 valence electrons. The molecule has 0 unspecified atom stereocenters. The van der Waals surface area contributed by atoms with Crippen LogP contribution in [-0.4, -0.2) is 29.0 Å². The van der Waals surface area contributed by atoms with Crippen LogP contribution in [0.1, 0.15) is 25.7 Å². The molecule has 0 aliphatic rings. The van der Waals surface area contributed by atoms with Crippen LogP contribution in [-0.2, 0) is 9.59 Å². The maximum atomic E-state index is 11.7. The molecular weight excluding hydrogens is 280 g/mol. The van der Waals surface area contributed by atoms with Gasteiger partial charge in [-0.2, -0.15) is 0 Å². The molecule has 0 aromatic heterocycles. The van der Waals surface area contributed by atoms with E-state index in [1.807, 2.05) is 0 Å². The molecule has 0 aliphatic carbocycles. The molecule has 1 aromatic rings. The van der Waals surface area contributed by atoms with Crippen molar-refractivity contribution in [3.8, 4) is 5.75 Å². The number of unbranched alkanes of at least 4 members (excludes halogenated alkanes) is 1. The molecule has 8 nitrogen and oxygen atoms in total. The zero-order valence-corrected chi connectivity index (χ0v) is 11.5. The lowest BCUT2D eigenvalue weighted by Gasteiger charge is -2.07. The third kappa shape index (κ3) is 5.47. The summed E-state index contributed by atoms with van der Waals surface area (Å²) in [6.07, 6.45) is 0.891. The Kier molecular flexibility index (Phi) is 6.12. The van der Waals surface area contributed by atoms with Gasteiger partial charge in [0, 0.05) is 12.8 Å². The van der Waals surface area contributed by atoms with Crippen molar-refractivity contribution in [3.05, 3.63) is 28.3 Å². The normalized spacial score (nSPS) is 9.95. The molecule has 8 heteroatoms. The van der Waals surface area contributed by atoms with Crippen LogP contribution < -0.4 is 10.1 Å². The number of carbonyl (C=O) groups excluding carboxylic acids is 1. The minimum Gasteiger partial charge on any atom is -0.496 e. The van der Waals surface area contributed by atoms with Crippen LogP contribution in [0.5, 0.6) is 5.75 Å². The average molecular weight is 296 g/mol. The van der Waals surface area contributed by atoms with Gasteiger partial charge >= 0.3 is 5.97 Å². The third-order valence-electron chi connectivity index (χ3n) is 2.72. The van der Waals surface area contributed by atoms with E-state index in [4.69, 9.17) is 9.84 Å². The average Bonchev–Trinajstić information content (AvgIpc) is 2.43. The number of nitro groups is 1. The van der Waals surface area contributed by atoms with Crippen LogP contribution in [0.15, 0.2) is 18.2 Å². The number of ether oxygens (including phenoxy) is 1. The lowest BCUT2D eigenvalue weighted by Crippen LogP contribution is -2.12. The quantitative estimate of drug-likeness (QED) is 0.431. The Labute approximate surface area is 120 Å².